The van der Waals surface area contributed by atoms with Gasteiger partial charge in [0.25, 0.3) is 0 Å². The van der Waals surface area contributed by atoms with Gasteiger partial charge in [0, 0.05) is 5.56 Å². The van der Waals surface area contributed by atoms with Crippen molar-refractivity contribution in [3.8, 4) is 0 Å². The number of rotatable bonds is 3. The lowest BCUT2D eigenvalue weighted by molar-refractivity contribution is 0.510. The maximum absolute atomic E-state index is 13.2. The van der Waals surface area contributed by atoms with Crippen molar-refractivity contribution in [3.05, 3.63) is 35.4 Å². The molecule has 1 aromatic carbocycles. The van der Waals surface area contributed by atoms with Crippen molar-refractivity contribution >= 4 is 11.8 Å². The number of benzene rings is 1. The van der Waals surface area contributed by atoms with Crippen LogP contribution < -0.4 is 11.5 Å². The molecule has 0 heterocycles. The van der Waals surface area contributed by atoms with Gasteiger partial charge in [-0.3, -0.25) is 0 Å². The molecule has 0 bridgehead atoms. The topological polar surface area (TPSA) is 52.0 Å². The van der Waals surface area contributed by atoms with E-state index in [-0.39, 0.29) is 11.3 Å². The van der Waals surface area contributed by atoms with Crippen molar-refractivity contribution in [1.29, 1.82) is 0 Å². The second-order valence-electron chi connectivity index (χ2n) is 2.85. The highest BCUT2D eigenvalue weighted by Gasteiger charge is 2.08. The third kappa shape index (κ3) is 2.29. The first-order chi connectivity index (χ1) is 6.66. The van der Waals surface area contributed by atoms with E-state index in [4.69, 9.17) is 11.5 Å². The molecule has 0 aliphatic carbocycles. The molecule has 0 unspecified atom stereocenters. The SMILES string of the molecule is NCCC=Cc1ccc(N)c(F)c1F. The van der Waals surface area contributed by atoms with Crippen LogP contribution in [0.5, 0.6) is 0 Å². The summed E-state index contributed by atoms with van der Waals surface area (Å²) in [7, 11) is 0. The summed E-state index contributed by atoms with van der Waals surface area (Å²) in [6, 6.07) is 2.77. The molecule has 0 aromatic heterocycles. The number of halogens is 2. The molecule has 0 radical (unpaired) electrons. The molecule has 4 N–H and O–H groups in total. The summed E-state index contributed by atoms with van der Waals surface area (Å²) in [6.45, 7) is 0.482. The maximum Gasteiger partial charge on any atom is 0.182 e. The van der Waals surface area contributed by atoms with Gasteiger partial charge in [-0.1, -0.05) is 12.2 Å². The average molecular weight is 198 g/mol. The summed E-state index contributed by atoms with van der Waals surface area (Å²) in [5.41, 5.74) is 10.4. The van der Waals surface area contributed by atoms with Crippen molar-refractivity contribution in [2.45, 2.75) is 6.42 Å². The first-order valence-electron chi connectivity index (χ1n) is 4.27. The minimum absolute atomic E-state index is 0.182. The molecule has 0 saturated heterocycles. The van der Waals surface area contributed by atoms with Crippen LogP contribution in [0, 0.1) is 11.6 Å². The third-order valence-electron chi connectivity index (χ3n) is 1.77. The number of hydrogen-bond acceptors (Lipinski definition) is 2. The fourth-order valence-electron chi connectivity index (χ4n) is 1.01. The van der Waals surface area contributed by atoms with E-state index in [0.717, 1.165) is 0 Å². The van der Waals surface area contributed by atoms with Gasteiger partial charge in [-0.25, -0.2) is 8.78 Å². The molecule has 14 heavy (non-hydrogen) atoms. The van der Waals surface area contributed by atoms with Crippen molar-refractivity contribution < 1.29 is 8.78 Å². The van der Waals surface area contributed by atoms with Gasteiger partial charge in [0.1, 0.15) is 0 Å². The predicted molar refractivity (Wildman–Crippen MR) is 53.5 cm³/mol. The fraction of sp³-hybridized carbons (Fsp3) is 0.200. The Morgan fingerprint density at radius 3 is 2.57 bits per heavy atom. The molecular formula is C10H12F2N2. The average Bonchev–Trinajstić information content (AvgIpc) is 2.18. The monoisotopic (exact) mass is 198 g/mol. The van der Waals surface area contributed by atoms with Crippen LogP contribution in [-0.4, -0.2) is 6.54 Å². The summed E-state index contributed by atoms with van der Waals surface area (Å²) in [6.07, 6.45) is 3.81. The van der Waals surface area contributed by atoms with E-state index >= 15 is 0 Å². The second-order valence-corrected chi connectivity index (χ2v) is 2.85. The van der Waals surface area contributed by atoms with Gasteiger partial charge in [-0.2, -0.15) is 0 Å². The zero-order chi connectivity index (χ0) is 10.6. The normalized spacial score (nSPS) is 11.1. The summed E-state index contributed by atoms with van der Waals surface area (Å²) in [5.74, 6) is -1.92. The van der Waals surface area contributed by atoms with Crippen LogP contribution >= 0.6 is 0 Å². The van der Waals surface area contributed by atoms with Crippen LogP contribution in [0.3, 0.4) is 0 Å². The van der Waals surface area contributed by atoms with E-state index in [0.29, 0.717) is 13.0 Å². The molecule has 0 spiro atoms. The van der Waals surface area contributed by atoms with E-state index in [1.165, 1.54) is 18.2 Å². The Labute approximate surface area is 81.2 Å². The lowest BCUT2D eigenvalue weighted by atomic mass is 10.1. The van der Waals surface area contributed by atoms with Gasteiger partial charge in [-0.05, 0) is 25.1 Å². The van der Waals surface area contributed by atoms with E-state index < -0.39 is 11.6 Å². The van der Waals surface area contributed by atoms with Gasteiger partial charge >= 0.3 is 0 Å². The molecule has 0 saturated carbocycles. The Kier molecular flexibility index (Phi) is 3.59. The van der Waals surface area contributed by atoms with Crippen LogP contribution in [0.15, 0.2) is 18.2 Å². The first kappa shape index (κ1) is 10.7. The van der Waals surface area contributed by atoms with Crippen molar-refractivity contribution in [2.75, 3.05) is 12.3 Å². The Hall–Kier alpha value is -1.42. The molecule has 0 aliphatic heterocycles. The van der Waals surface area contributed by atoms with Crippen LogP contribution in [0.25, 0.3) is 6.08 Å². The summed E-state index contributed by atoms with van der Waals surface area (Å²) < 4.78 is 26.1. The zero-order valence-corrected chi connectivity index (χ0v) is 7.63. The number of anilines is 1. The minimum Gasteiger partial charge on any atom is -0.396 e. The largest absolute Gasteiger partial charge is 0.396 e. The van der Waals surface area contributed by atoms with Crippen molar-refractivity contribution in [2.24, 2.45) is 5.73 Å². The van der Waals surface area contributed by atoms with Gasteiger partial charge in [-0.15, -0.1) is 0 Å². The van der Waals surface area contributed by atoms with Crippen LogP contribution in [0.4, 0.5) is 14.5 Å². The van der Waals surface area contributed by atoms with Gasteiger partial charge < -0.3 is 11.5 Å². The Balaban J connectivity index is 2.94. The number of nitrogen functional groups attached to an aromatic ring is 1. The molecule has 0 atom stereocenters. The molecule has 2 nitrogen and oxygen atoms in total. The molecule has 0 aliphatic rings. The van der Waals surface area contributed by atoms with E-state index in [1.54, 1.807) is 6.08 Å². The standard InChI is InChI=1S/C10H12F2N2/c11-9-7(3-1-2-6-13)4-5-8(14)10(9)12/h1,3-5H,2,6,13-14H2. The van der Waals surface area contributed by atoms with Gasteiger partial charge in [0.05, 0.1) is 5.69 Å². The summed E-state index contributed by atoms with van der Waals surface area (Å²) in [5, 5.41) is 0. The molecule has 1 aromatic rings. The number of nitrogens with two attached hydrogens (primary N) is 2. The number of hydrogen-bond donors (Lipinski definition) is 2. The minimum atomic E-state index is -1.00. The highest BCUT2D eigenvalue weighted by Crippen LogP contribution is 2.18. The molecule has 76 valence electrons. The molecule has 1 rings (SSSR count). The highest BCUT2D eigenvalue weighted by atomic mass is 19.2. The fourth-order valence-corrected chi connectivity index (χ4v) is 1.01. The van der Waals surface area contributed by atoms with Gasteiger partial charge in [0.2, 0.25) is 0 Å². The third-order valence-corrected chi connectivity index (χ3v) is 1.77. The lowest BCUT2D eigenvalue weighted by Gasteiger charge is -2.01. The zero-order valence-electron chi connectivity index (χ0n) is 7.63. The Morgan fingerprint density at radius 2 is 1.93 bits per heavy atom. The van der Waals surface area contributed by atoms with Crippen LogP contribution in [0.2, 0.25) is 0 Å². The smallest absolute Gasteiger partial charge is 0.182 e. The van der Waals surface area contributed by atoms with E-state index in [2.05, 4.69) is 0 Å². The Morgan fingerprint density at radius 1 is 1.21 bits per heavy atom. The summed E-state index contributed by atoms with van der Waals surface area (Å²) in [4.78, 5) is 0. The first-order valence-corrected chi connectivity index (χ1v) is 4.27. The van der Waals surface area contributed by atoms with E-state index in [1.807, 2.05) is 0 Å². The quantitative estimate of drug-likeness (QED) is 0.729. The predicted octanol–water partition coefficient (Wildman–Crippen LogP) is 1.91. The van der Waals surface area contributed by atoms with Gasteiger partial charge in [0.15, 0.2) is 11.6 Å². The van der Waals surface area contributed by atoms with Crippen molar-refractivity contribution in [3.63, 3.8) is 0 Å². The summed E-state index contributed by atoms with van der Waals surface area (Å²) >= 11 is 0. The lowest BCUT2D eigenvalue weighted by Crippen LogP contribution is -1.97. The maximum atomic E-state index is 13.2. The van der Waals surface area contributed by atoms with Crippen molar-refractivity contribution in [1.82, 2.24) is 0 Å². The Bertz CT molecular complexity index is 348. The molecular weight excluding hydrogens is 186 g/mol. The van der Waals surface area contributed by atoms with Crippen LogP contribution in [-0.2, 0) is 0 Å². The highest BCUT2D eigenvalue weighted by molar-refractivity contribution is 5.55. The molecule has 0 amide bonds. The second kappa shape index (κ2) is 4.72. The molecule has 4 heteroatoms. The van der Waals surface area contributed by atoms with Crippen LogP contribution in [0.1, 0.15) is 12.0 Å². The van der Waals surface area contributed by atoms with E-state index in [9.17, 15) is 8.78 Å². The molecule has 0 fully saturated rings.